The van der Waals surface area contributed by atoms with Crippen LogP contribution in [-0.4, -0.2) is 71.0 Å². The summed E-state index contributed by atoms with van der Waals surface area (Å²) in [7, 11) is 3.47. The van der Waals surface area contributed by atoms with Crippen LogP contribution in [0.2, 0.25) is 5.02 Å². The third kappa shape index (κ3) is 8.08. The molecular formula is C17H28ClIN4O2. The molecule has 8 heteroatoms. The molecule has 0 spiro atoms. The van der Waals surface area contributed by atoms with Gasteiger partial charge in [-0.3, -0.25) is 9.89 Å². The number of aliphatic imine (C=N–C) groups is 1. The summed E-state index contributed by atoms with van der Waals surface area (Å²) in [5, 5.41) is 7.35. The molecule has 1 saturated heterocycles. The lowest BCUT2D eigenvalue weighted by Crippen LogP contribution is -2.45. The van der Waals surface area contributed by atoms with E-state index in [1.807, 2.05) is 24.3 Å². The van der Waals surface area contributed by atoms with Crippen LogP contribution in [0, 0.1) is 0 Å². The zero-order valence-corrected chi connectivity index (χ0v) is 17.9. The minimum atomic E-state index is -0.0820. The van der Waals surface area contributed by atoms with Gasteiger partial charge in [-0.15, -0.1) is 24.0 Å². The van der Waals surface area contributed by atoms with Gasteiger partial charge in [0.1, 0.15) is 0 Å². The Balaban J connectivity index is 0.00000312. The zero-order valence-electron chi connectivity index (χ0n) is 14.8. The molecule has 0 radical (unpaired) electrons. The second-order valence-corrected chi connectivity index (χ2v) is 6.05. The Morgan fingerprint density at radius 3 is 2.76 bits per heavy atom. The van der Waals surface area contributed by atoms with Gasteiger partial charge in [0.2, 0.25) is 0 Å². The van der Waals surface area contributed by atoms with Crippen molar-refractivity contribution < 1.29 is 9.47 Å². The van der Waals surface area contributed by atoms with Crippen molar-refractivity contribution in [2.24, 2.45) is 4.99 Å². The lowest BCUT2D eigenvalue weighted by Gasteiger charge is -2.27. The summed E-state index contributed by atoms with van der Waals surface area (Å²) in [6.45, 7) is 6.07. The molecule has 0 aromatic heterocycles. The van der Waals surface area contributed by atoms with Crippen LogP contribution in [0.15, 0.2) is 29.3 Å². The van der Waals surface area contributed by atoms with E-state index in [0.29, 0.717) is 11.6 Å². The Bertz CT molecular complexity index is 527. The number of hydrogen-bond acceptors (Lipinski definition) is 4. The van der Waals surface area contributed by atoms with Crippen molar-refractivity contribution in [3.05, 3.63) is 34.9 Å². The number of guanidine groups is 1. The molecule has 0 bridgehead atoms. The number of nitrogens with one attached hydrogen (secondary N) is 2. The first kappa shape index (κ1) is 22.4. The van der Waals surface area contributed by atoms with Crippen molar-refractivity contribution >= 4 is 41.5 Å². The van der Waals surface area contributed by atoms with Crippen LogP contribution in [0.1, 0.15) is 11.7 Å². The Morgan fingerprint density at radius 2 is 2.12 bits per heavy atom. The van der Waals surface area contributed by atoms with Crippen molar-refractivity contribution in [1.82, 2.24) is 15.5 Å². The number of morpholine rings is 1. The quantitative estimate of drug-likeness (QED) is 0.354. The Morgan fingerprint density at radius 1 is 1.36 bits per heavy atom. The Labute approximate surface area is 172 Å². The molecule has 1 unspecified atom stereocenters. The SMILES string of the molecule is CN=C(NCCN1CCOCC1)NCC(OC)c1cccc(Cl)c1.I. The van der Waals surface area contributed by atoms with Crippen LogP contribution < -0.4 is 10.6 Å². The number of nitrogens with zero attached hydrogens (tertiary/aromatic N) is 2. The van der Waals surface area contributed by atoms with Crippen LogP contribution in [0.4, 0.5) is 0 Å². The molecule has 1 aliphatic heterocycles. The normalized spacial score (nSPS) is 16.8. The molecule has 0 amide bonds. The number of methoxy groups -OCH3 is 1. The largest absolute Gasteiger partial charge is 0.379 e. The van der Waals surface area contributed by atoms with Gasteiger partial charge in [-0.2, -0.15) is 0 Å². The van der Waals surface area contributed by atoms with Gasteiger partial charge in [-0.1, -0.05) is 23.7 Å². The molecule has 6 nitrogen and oxygen atoms in total. The number of halogens is 2. The average molecular weight is 483 g/mol. The average Bonchev–Trinajstić information content (AvgIpc) is 2.61. The molecule has 1 aliphatic rings. The van der Waals surface area contributed by atoms with Crippen LogP contribution in [-0.2, 0) is 9.47 Å². The number of hydrogen-bond donors (Lipinski definition) is 2. The van der Waals surface area contributed by atoms with Crippen LogP contribution in [0.3, 0.4) is 0 Å². The first-order valence-corrected chi connectivity index (χ1v) is 8.63. The first-order valence-electron chi connectivity index (χ1n) is 8.26. The maximum atomic E-state index is 6.05. The summed E-state index contributed by atoms with van der Waals surface area (Å²) < 4.78 is 10.9. The van der Waals surface area contributed by atoms with Gasteiger partial charge in [0.25, 0.3) is 0 Å². The first-order chi connectivity index (χ1) is 11.7. The predicted octanol–water partition coefficient (Wildman–Crippen LogP) is 2.14. The van der Waals surface area contributed by atoms with Crippen LogP contribution in [0.5, 0.6) is 0 Å². The number of benzene rings is 1. The highest BCUT2D eigenvalue weighted by atomic mass is 127. The van der Waals surface area contributed by atoms with Gasteiger partial charge < -0.3 is 20.1 Å². The molecule has 0 saturated carbocycles. The monoisotopic (exact) mass is 482 g/mol. The minimum Gasteiger partial charge on any atom is -0.379 e. The minimum absolute atomic E-state index is 0. The second-order valence-electron chi connectivity index (χ2n) is 5.61. The molecule has 1 aromatic rings. The topological polar surface area (TPSA) is 58.1 Å². The molecule has 1 aromatic carbocycles. The van der Waals surface area contributed by atoms with E-state index in [4.69, 9.17) is 21.1 Å². The fraction of sp³-hybridized carbons (Fsp3) is 0.588. The van der Waals surface area contributed by atoms with E-state index in [-0.39, 0.29) is 30.1 Å². The third-order valence-corrected chi connectivity index (χ3v) is 4.24. The highest BCUT2D eigenvalue weighted by Gasteiger charge is 2.12. The van der Waals surface area contributed by atoms with E-state index in [9.17, 15) is 0 Å². The molecule has 2 rings (SSSR count). The number of rotatable bonds is 7. The van der Waals surface area contributed by atoms with Gasteiger partial charge in [0.05, 0.1) is 19.3 Å². The Hall–Kier alpha value is -0.610. The third-order valence-electron chi connectivity index (χ3n) is 4.01. The smallest absolute Gasteiger partial charge is 0.191 e. The van der Waals surface area contributed by atoms with Gasteiger partial charge in [-0.05, 0) is 17.7 Å². The summed E-state index contributed by atoms with van der Waals surface area (Å²) in [5.41, 5.74) is 1.04. The predicted molar refractivity (Wildman–Crippen MR) is 113 cm³/mol. The van der Waals surface area contributed by atoms with Gasteiger partial charge in [-0.25, -0.2) is 0 Å². The van der Waals surface area contributed by atoms with E-state index in [0.717, 1.165) is 50.9 Å². The fourth-order valence-electron chi connectivity index (χ4n) is 2.61. The molecule has 1 heterocycles. The summed E-state index contributed by atoms with van der Waals surface area (Å²) >= 11 is 6.05. The van der Waals surface area contributed by atoms with E-state index >= 15 is 0 Å². The lowest BCUT2D eigenvalue weighted by atomic mass is 10.1. The van der Waals surface area contributed by atoms with Gasteiger partial charge >= 0.3 is 0 Å². The highest BCUT2D eigenvalue weighted by Crippen LogP contribution is 2.19. The zero-order chi connectivity index (χ0) is 17.2. The van der Waals surface area contributed by atoms with Gasteiger partial charge in [0, 0.05) is 51.9 Å². The van der Waals surface area contributed by atoms with Crippen molar-refractivity contribution in [1.29, 1.82) is 0 Å². The summed E-state index contributed by atoms with van der Waals surface area (Å²) in [4.78, 5) is 6.64. The van der Waals surface area contributed by atoms with E-state index in [1.54, 1.807) is 14.2 Å². The molecule has 1 fully saturated rings. The fourth-order valence-corrected chi connectivity index (χ4v) is 2.81. The van der Waals surface area contributed by atoms with Crippen LogP contribution in [0.25, 0.3) is 0 Å². The van der Waals surface area contributed by atoms with Gasteiger partial charge in [0.15, 0.2) is 5.96 Å². The number of ether oxygens (including phenoxy) is 2. The van der Waals surface area contributed by atoms with Crippen molar-refractivity contribution in [3.63, 3.8) is 0 Å². The molecular weight excluding hydrogens is 455 g/mol. The van der Waals surface area contributed by atoms with E-state index in [1.165, 1.54) is 0 Å². The van der Waals surface area contributed by atoms with Crippen LogP contribution >= 0.6 is 35.6 Å². The standard InChI is InChI=1S/C17H27ClN4O2.HI/c1-19-17(20-6-7-22-8-10-24-11-9-22)21-13-16(23-2)14-4-3-5-15(18)12-14;/h3-5,12,16H,6-11,13H2,1-2H3,(H2,19,20,21);1H. The second kappa shape index (κ2) is 12.7. The van der Waals surface area contributed by atoms with E-state index in [2.05, 4.69) is 20.5 Å². The summed E-state index contributed by atoms with van der Waals surface area (Å²) in [5.74, 6) is 0.771. The lowest BCUT2D eigenvalue weighted by molar-refractivity contribution is 0.0389. The van der Waals surface area contributed by atoms with Crippen molar-refractivity contribution in [2.45, 2.75) is 6.10 Å². The van der Waals surface area contributed by atoms with Crippen molar-refractivity contribution in [3.8, 4) is 0 Å². The summed E-state index contributed by atoms with van der Waals surface area (Å²) in [6, 6.07) is 7.72. The maximum Gasteiger partial charge on any atom is 0.191 e. The molecule has 0 aliphatic carbocycles. The van der Waals surface area contributed by atoms with Crippen molar-refractivity contribution in [2.75, 3.05) is 60.1 Å². The Kier molecular flexibility index (Phi) is 11.4. The highest BCUT2D eigenvalue weighted by molar-refractivity contribution is 14.0. The molecule has 2 N–H and O–H groups in total. The summed E-state index contributed by atoms with van der Waals surface area (Å²) in [6.07, 6.45) is -0.0820. The molecule has 142 valence electrons. The van der Waals surface area contributed by atoms with E-state index < -0.39 is 0 Å². The molecule has 1 atom stereocenters. The molecule has 25 heavy (non-hydrogen) atoms. The maximum absolute atomic E-state index is 6.05.